The maximum Gasteiger partial charge on any atom is 0.352 e. The van der Waals surface area contributed by atoms with E-state index in [1.807, 2.05) is 13.8 Å². The number of aliphatic carboxylic acids is 1. The molecule has 0 saturated heterocycles. The van der Waals surface area contributed by atoms with Gasteiger partial charge in [-0.1, -0.05) is 18.5 Å². The number of carboxylic acid groups (broad SMARTS) is 1. The number of rotatable bonds is 8. The minimum Gasteiger partial charge on any atom is -0.490 e. The summed E-state index contributed by atoms with van der Waals surface area (Å²) in [6, 6.07) is 3.17. The van der Waals surface area contributed by atoms with Gasteiger partial charge in [0.25, 0.3) is 0 Å². The van der Waals surface area contributed by atoms with E-state index in [1.165, 1.54) is 13.0 Å². The molecule has 0 fully saturated rings. The molecule has 0 spiro atoms. The van der Waals surface area contributed by atoms with Crippen LogP contribution in [0.15, 0.2) is 17.8 Å². The number of carbonyl (C=O) groups excluding carboxylic acids is 1. The topological polar surface area (TPSA) is 84.9 Å². The molecular formula is C16H20ClNO5. The molecule has 0 bridgehead atoms. The third kappa shape index (κ3) is 5.83. The normalized spacial score (nSPS) is 11.0. The first-order valence-electron chi connectivity index (χ1n) is 7.20. The van der Waals surface area contributed by atoms with Crippen molar-refractivity contribution in [3.8, 4) is 11.5 Å². The molecule has 0 unspecified atom stereocenters. The number of halogens is 1. The van der Waals surface area contributed by atoms with Crippen LogP contribution < -0.4 is 14.8 Å². The van der Waals surface area contributed by atoms with E-state index in [4.69, 9.17) is 26.2 Å². The zero-order valence-corrected chi connectivity index (χ0v) is 14.1. The molecule has 2 N–H and O–H groups in total. The van der Waals surface area contributed by atoms with Crippen LogP contribution in [0.4, 0.5) is 0 Å². The number of benzene rings is 1. The Morgan fingerprint density at radius 3 is 2.52 bits per heavy atom. The van der Waals surface area contributed by atoms with Crippen LogP contribution >= 0.6 is 11.6 Å². The van der Waals surface area contributed by atoms with Crippen molar-refractivity contribution < 1.29 is 24.2 Å². The van der Waals surface area contributed by atoms with Crippen molar-refractivity contribution in [3.63, 3.8) is 0 Å². The molecule has 0 saturated carbocycles. The minimum atomic E-state index is -1.25. The Kier molecular flexibility index (Phi) is 7.41. The Morgan fingerprint density at radius 2 is 2.00 bits per heavy atom. The molecule has 7 heteroatoms. The van der Waals surface area contributed by atoms with E-state index >= 15 is 0 Å². The smallest absolute Gasteiger partial charge is 0.352 e. The molecule has 126 valence electrons. The first-order valence-corrected chi connectivity index (χ1v) is 7.58. The van der Waals surface area contributed by atoms with Gasteiger partial charge in [0.05, 0.1) is 18.2 Å². The number of hydrogen-bond acceptors (Lipinski definition) is 4. The average Bonchev–Trinajstić information content (AvgIpc) is 2.45. The van der Waals surface area contributed by atoms with Crippen LogP contribution in [0.3, 0.4) is 0 Å². The number of hydrogen-bond donors (Lipinski definition) is 2. The van der Waals surface area contributed by atoms with Gasteiger partial charge in [-0.15, -0.1) is 0 Å². The van der Waals surface area contributed by atoms with Gasteiger partial charge in [-0.25, -0.2) is 4.79 Å². The monoisotopic (exact) mass is 341 g/mol. The van der Waals surface area contributed by atoms with Crippen molar-refractivity contribution in [1.82, 2.24) is 5.32 Å². The van der Waals surface area contributed by atoms with E-state index in [1.54, 1.807) is 12.1 Å². The van der Waals surface area contributed by atoms with E-state index in [0.717, 1.165) is 6.42 Å². The summed E-state index contributed by atoms with van der Waals surface area (Å²) in [5.74, 6) is -0.880. The lowest BCUT2D eigenvalue weighted by atomic mass is 10.1. The zero-order chi connectivity index (χ0) is 17.4. The van der Waals surface area contributed by atoms with E-state index in [2.05, 4.69) is 5.32 Å². The Morgan fingerprint density at radius 1 is 1.30 bits per heavy atom. The number of ether oxygens (including phenoxy) is 2. The molecule has 1 rings (SSSR count). The molecule has 0 aliphatic carbocycles. The number of nitrogens with one attached hydrogen (secondary N) is 1. The molecule has 6 nitrogen and oxygen atoms in total. The minimum absolute atomic E-state index is 0.252. The van der Waals surface area contributed by atoms with Crippen molar-refractivity contribution in [3.05, 3.63) is 28.4 Å². The highest BCUT2D eigenvalue weighted by molar-refractivity contribution is 6.32. The molecule has 0 aliphatic heterocycles. The van der Waals surface area contributed by atoms with Crippen molar-refractivity contribution >= 4 is 29.6 Å². The average molecular weight is 342 g/mol. The van der Waals surface area contributed by atoms with E-state index in [9.17, 15) is 9.59 Å². The number of carbonyl (C=O) groups is 2. The van der Waals surface area contributed by atoms with Crippen molar-refractivity contribution in [2.24, 2.45) is 0 Å². The largest absolute Gasteiger partial charge is 0.490 e. The summed E-state index contributed by atoms with van der Waals surface area (Å²) in [5, 5.41) is 11.7. The second kappa shape index (κ2) is 9.05. The molecule has 1 amide bonds. The van der Waals surface area contributed by atoms with Crippen LogP contribution in [0.2, 0.25) is 5.02 Å². The van der Waals surface area contributed by atoms with Gasteiger partial charge in [0, 0.05) is 6.92 Å². The fourth-order valence-corrected chi connectivity index (χ4v) is 2.06. The highest BCUT2D eigenvalue weighted by atomic mass is 35.5. The van der Waals surface area contributed by atoms with Gasteiger partial charge in [-0.2, -0.15) is 0 Å². The summed E-state index contributed by atoms with van der Waals surface area (Å²) in [4.78, 5) is 22.2. The quantitative estimate of drug-likeness (QED) is 0.710. The third-order valence-corrected chi connectivity index (χ3v) is 2.92. The molecule has 1 aromatic carbocycles. The number of carboxylic acids is 1. The van der Waals surface area contributed by atoms with E-state index in [0.29, 0.717) is 35.3 Å². The fourth-order valence-electron chi connectivity index (χ4n) is 1.79. The molecule has 0 radical (unpaired) electrons. The maximum absolute atomic E-state index is 11.2. The van der Waals surface area contributed by atoms with Crippen LogP contribution in [-0.2, 0) is 9.59 Å². The van der Waals surface area contributed by atoms with Gasteiger partial charge in [0.2, 0.25) is 5.91 Å². The molecule has 1 aromatic rings. The lowest BCUT2D eigenvalue weighted by Crippen LogP contribution is -2.24. The molecule has 0 aliphatic rings. The predicted octanol–water partition coefficient (Wildman–Crippen LogP) is 3.09. The fraction of sp³-hybridized carbons (Fsp3) is 0.375. The summed E-state index contributed by atoms with van der Waals surface area (Å²) in [6.45, 7) is 5.92. The van der Waals surface area contributed by atoms with Gasteiger partial charge in [-0.3, -0.25) is 4.79 Å². The third-order valence-electron chi connectivity index (χ3n) is 2.63. The molecule has 0 aromatic heterocycles. The Bertz CT molecular complexity index is 613. The first kappa shape index (κ1) is 18.8. The Labute approximate surface area is 140 Å². The first-order chi connectivity index (χ1) is 10.9. The second-order valence-corrected chi connectivity index (χ2v) is 5.06. The molecule has 0 atom stereocenters. The second-order valence-electron chi connectivity index (χ2n) is 4.66. The summed E-state index contributed by atoms with van der Waals surface area (Å²) in [5.41, 5.74) is 0.228. The van der Waals surface area contributed by atoms with Crippen molar-refractivity contribution in [1.29, 1.82) is 0 Å². The van der Waals surface area contributed by atoms with E-state index in [-0.39, 0.29) is 5.70 Å². The lowest BCUT2D eigenvalue weighted by Gasteiger charge is -2.14. The van der Waals surface area contributed by atoms with Crippen molar-refractivity contribution in [2.45, 2.75) is 27.2 Å². The summed E-state index contributed by atoms with van der Waals surface area (Å²) in [7, 11) is 0. The highest BCUT2D eigenvalue weighted by Crippen LogP contribution is 2.37. The van der Waals surface area contributed by atoms with Crippen LogP contribution in [0, 0.1) is 0 Å². The predicted molar refractivity (Wildman–Crippen MR) is 87.8 cm³/mol. The summed E-state index contributed by atoms with van der Waals surface area (Å²) >= 11 is 6.21. The van der Waals surface area contributed by atoms with Crippen molar-refractivity contribution in [2.75, 3.05) is 13.2 Å². The molecular weight excluding hydrogens is 322 g/mol. The van der Waals surface area contributed by atoms with Crippen LogP contribution in [0.5, 0.6) is 11.5 Å². The summed E-state index contributed by atoms with van der Waals surface area (Å²) < 4.78 is 11.1. The lowest BCUT2D eigenvalue weighted by molar-refractivity contribution is -0.134. The zero-order valence-electron chi connectivity index (χ0n) is 13.3. The standard InChI is InChI=1S/C16H20ClNO5/c1-4-6-23-15-12(17)7-11(9-14(15)22-5-2)8-13(16(20)21)18-10(3)19/h7-9H,4-6H2,1-3H3,(H,18,19)(H,20,21)/b13-8+. The maximum atomic E-state index is 11.2. The van der Waals surface area contributed by atoms with Gasteiger partial charge >= 0.3 is 5.97 Å². The molecule has 23 heavy (non-hydrogen) atoms. The van der Waals surface area contributed by atoms with Gasteiger partial charge in [-0.05, 0) is 37.1 Å². The SMILES string of the molecule is CCCOc1c(Cl)cc(/C=C(/NC(C)=O)C(=O)O)cc1OCC. The summed E-state index contributed by atoms with van der Waals surface area (Å²) in [6.07, 6.45) is 2.12. The van der Waals surface area contributed by atoms with Crippen LogP contribution in [-0.4, -0.2) is 30.2 Å². The Balaban J connectivity index is 3.26. The Hall–Kier alpha value is -2.21. The van der Waals surface area contributed by atoms with Crippen LogP contribution in [0.25, 0.3) is 6.08 Å². The van der Waals surface area contributed by atoms with Gasteiger partial charge in [0.1, 0.15) is 5.70 Å². The molecule has 0 heterocycles. The van der Waals surface area contributed by atoms with Gasteiger partial charge < -0.3 is 19.9 Å². The van der Waals surface area contributed by atoms with E-state index < -0.39 is 11.9 Å². The highest BCUT2D eigenvalue weighted by Gasteiger charge is 2.14. The van der Waals surface area contributed by atoms with Gasteiger partial charge in [0.15, 0.2) is 11.5 Å². The van der Waals surface area contributed by atoms with Crippen LogP contribution in [0.1, 0.15) is 32.8 Å². The number of amides is 1.